The summed E-state index contributed by atoms with van der Waals surface area (Å²) in [5.74, 6) is 0.638. The molecule has 7 heteroatoms. The third-order valence-electron chi connectivity index (χ3n) is 4.16. The summed E-state index contributed by atoms with van der Waals surface area (Å²) < 4.78 is 11.6. The molecular weight excluding hydrogens is 316 g/mol. The topological polar surface area (TPSA) is 64.8 Å². The lowest BCUT2D eigenvalue weighted by Crippen LogP contribution is -2.43. The molecule has 122 valence electrons. The maximum absolute atomic E-state index is 11.1. The summed E-state index contributed by atoms with van der Waals surface area (Å²) in [6, 6.07) is 4.66. The van der Waals surface area contributed by atoms with Gasteiger partial charge in [0.15, 0.2) is 0 Å². The number of rotatable bonds is 2. The Bertz CT molecular complexity index is 693. The van der Waals surface area contributed by atoms with Crippen LogP contribution in [-0.2, 0) is 4.74 Å². The van der Waals surface area contributed by atoms with Crippen molar-refractivity contribution >= 4 is 28.5 Å². The first-order chi connectivity index (χ1) is 10.9. The van der Waals surface area contributed by atoms with E-state index in [1.54, 1.807) is 6.07 Å². The average Bonchev–Trinajstić information content (AvgIpc) is 2.53. The van der Waals surface area contributed by atoms with Crippen molar-refractivity contribution in [2.24, 2.45) is 0 Å². The Morgan fingerprint density at radius 2 is 2.04 bits per heavy atom. The quantitative estimate of drug-likeness (QED) is 0.471. The Kier molecular flexibility index (Phi) is 4.08. The van der Waals surface area contributed by atoms with Crippen LogP contribution in [0.1, 0.15) is 18.4 Å². The van der Waals surface area contributed by atoms with Gasteiger partial charge < -0.3 is 14.4 Å². The van der Waals surface area contributed by atoms with Gasteiger partial charge in [0, 0.05) is 50.2 Å². The van der Waals surface area contributed by atoms with Crippen molar-refractivity contribution in [2.45, 2.75) is 18.4 Å². The number of hydrogen-bond acceptors (Lipinski definition) is 5. The van der Waals surface area contributed by atoms with Gasteiger partial charge >= 0.3 is 0 Å². The molecule has 0 unspecified atom stereocenters. The number of non-ortho nitro benzene ring substituents is 1. The fourth-order valence-corrected chi connectivity index (χ4v) is 3.07. The van der Waals surface area contributed by atoms with E-state index in [4.69, 9.17) is 21.7 Å². The molecule has 2 heterocycles. The average molecular weight is 334 g/mol. The highest BCUT2D eigenvalue weighted by Crippen LogP contribution is 2.42. The molecule has 6 nitrogen and oxygen atoms in total. The maximum atomic E-state index is 11.1. The number of hydrogen-bond donors (Lipinski definition) is 0. The predicted molar refractivity (Wildman–Crippen MR) is 90.8 cm³/mol. The second kappa shape index (κ2) is 5.90. The minimum Gasteiger partial charge on any atom is -0.482 e. The predicted octanol–water partition coefficient (Wildman–Crippen LogP) is 2.81. The van der Waals surface area contributed by atoms with Crippen LogP contribution in [0.3, 0.4) is 0 Å². The van der Waals surface area contributed by atoms with E-state index in [2.05, 4.69) is 0 Å². The third kappa shape index (κ3) is 2.94. The summed E-state index contributed by atoms with van der Waals surface area (Å²) in [7, 11) is 3.73. The second-order valence-corrected chi connectivity index (χ2v) is 6.36. The number of nitro benzene ring substituents is 1. The number of fused-ring (bicyclic) bond motifs is 1. The molecule has 23 heavy (non-hydrogen) atoms. The Morgan fingerprint density at radius 1 is 1.35 bits per heavy atom. The van der Waals surface area contributed by atoms with Crippen LogP contribution >= 0.6 is 12.2 Å². The summed E-state index contributed by atoms with van der Waals surface area (Å²) in [4.78, 5) is 13.1. The van der Waals surface area contributed by atoms with E-state index in [0.29, 0.717) is 29.5 Å². The molecule has 0 aliphatic carbocycles. The van der Waals surface area contributed by atoms with Crippen LogP contribution in [0, 0.1) is 10.1 Å². The van der Waals surface area contributed by atoms with Crippen molar-refractivity contribution in [2.75, 3.05) is 27.3 Å². The minimum atomic E-state index is -0.448. The first-order valence-electron chi connectivity index (χ1n) is 7.42. The molecule has 1 fully saturated rings. The molecule has 0 bridgehead atoms. The molecule has 2 aliphatic heterocycles. The van der Waals surface area contributed by atoms with Gasteiger partial charge in [-0.15, -0.1) is 0 Å². The zero-order valence-electron chi connectivity index (χ0n) is 13.1. The molecule has 0 saturated carbocycles. The van der Waals surface area contributed by atoms with E-state index in [9.17, 15) is 10.1 Å². The Labute approximate surface area is 139 Å². The number of ether oxygens (including phenoxy) is 2. The summed E-state index contributed by atoms with van der Waals surface area (Å²) in [5.41, 5.74) is 1.08. The van der Waals surface area contributed by atoms with Gasteiger partial charge in [0.05, 0.1) is 18.1 Å². The largest absolute Gasteiger partial charge is 0.482 e. The molecule has 1 spiro atoms. The van der Waals surface area contributed by atoms with Crippen molar-refractivity contribution in [1.29, 1.82) is 0 Å². The van der Waals surface area contributed by atoms with Gasteiger partial charge in [-0.25, -0.2) is 0 Å². The fraction of sp³-hybridized carbons (Fsp3) is 0.438. The SMILES string of the molecule is CN(C)C(=S)C1=CC2(CCOCC2)Oc2ccc([N+](=O)[O-])cc21. The van der Waals surface area contributed by atoms with Crippen molar-refractivity contribution in [3.05, 3.63) is 40.0 Å². The number of thiocarbonyl (C=S) groups is 1. The molecule has 3 rings (SSSR count). The molecule has 0 aromatic heterocycles. The van der Waals surface area contributed by atoms with Crippen LogP contribution in [0.2, 0.25) is 0 Å². The Hall–Kier alpha value is -1.99. The molecular formula is C16H18N2O4S. The van der Waals surface area contributed by atoms with Crippen molar-refractivity contribution in [3.8, 4) is 5.75 Å². The first-order valence-corrected chi connectivity index (χ1v) is 7.83. The van der Waals surface area contributed by atoms with Crippen LogP contribution in [0.15, 0.2) is 24.3 Å². The first kappa shape index (κ1) is 15.9. The molecule has 0 N–H and O–H groups in total. The van der Waals surface area contributed by atoms with E-state index in [1.165, 1.54) is 12.1 Å². The summed E-state index contributed by atoms with van der Waals surface area (Å²) >= 11 is 5.54. The summed E-state index contributed by atoms with van der Waals surface area (Å²) in [5, 5.41) is 11.1. The van der Waals surface area contributed by atoms with Crippen LogP contribution in [0.25, 0.3) is 5.57 Å². The van der Waals surface area contributed by atoms with E-state index < -0.39 is 10.5 Å². The number of likely N-dealkylation sites (N-methyl/N-ethyl adjacent to an activating group) is 1. The second-order valence-electron chi connectivity index (χ2n) is 5.97. The van der Waals surface area contributed by atoms with Crippen molar-refractivity contribution < 1.29 is 14.4 Å². The zero-order chi connectivity index (χ0) is 16.6. The molecule has 2 aliphatic rings. The summed E-state index contributed by atoms with van der Waals surface area (Å²) in [6.45, 7) is 1.25. The Morgan fingerprint density at radius 3 is 2.65 bits per heavy atom. The standard InChI is InChI=1S/C16H18N2O4S/c1-17(2)15(23)13-10-16(5-7-21-8-6-16)22-14-4-3-11(18(19)20)9-12(13)14/h3-4,9-10H,5-8H2,1-2H3. The van der Waals surface area contributed by atoms with E-state index in [-0.39, 0.29) is 5.69 Å². The van der Waals surface area contributed by atoms with Crippen molar-refractivity contribution in [1.82, 2.24) is 4.90 Å². The summed E-state index contributed by atoms with van der Waals surface area (Å²) in [6.07, 6.45) is 3.50. The number of benzene rings is 1. The van der Waals surface area contributed by atoms with E-state index >= 15 is 0 Å². The van der Waals surface area contributed by atoms with Gasteiger partial charge in [-0.3, -0.25) is 10.1 Å². The van der Waals surface area contributed by atoms with Crippen LogP contribution in [0.5, 0.6) is 5.75 Å². The van der Waals surface area contributed by atoms with Gasteiger partial charge in [0.25, 0.3) is 5.69 Å². The highest BCUT2D eigenvalue weighted by atomic mass is 32.1. The van der Waals surface area contributed by atoms with Gasteiger partial charge in [0.1, 0.15) is 16.3 Å². The van der Waals surface area contributed by atoms with Gasteiger partial charge in [-0.05, 0) is 12.1 Å². The highest BCUT2D eigenvalue weighted by molar-refractivity contribution is 7.81. The molecule has 0 atom stereocenters. The van der Waals surface area contributed by atoms with E-state index in [0.717, 1.165) is 18.4 Å². The lowest BCUT2D eigenvalue weighted by molar-refractivity contribution is -0.384. The van der Waals surface area contributed by atoms with Gasteiger partial charge in [0.2, 0.25) is 0 Å². The van der Waals surface area contributed by atoms with Gasteiger partial charge in [-0.1, -0.05) is 12.2 Å². The lowest BCUT2D eigenvalue weighted by Gasteiger charge is -2.40. The minimum absolute atomic E-state index is 0.0303. The monoisotopic (exact) mass is 334 g/mol. The Balaban J connectivity index is 2.12. The third-order valence-corrected chi connectivity index (χ3v) is 4.75. The van der Waals surface area contributed by atoms with E-state index in [1.807, 2.05) is 25.1 Å². The molecule has 0 radical (unpaired) electrons. The zero-order valence-corrected chi connectivity index (χ0v) is 13.9. The molecule has 0 amide bonds. The number of nitrogens with zero attached hydrogens (tertiary/aromatic N) is 2. The molecule has 1 saturated heterocycles. The fourth-order valence-electron chi connectivity index (χ4n) is 2.90. The van der Waals surface area contributed by atoms with Crippen LogP contribution < -0.4 is 4.74 Å². The van der Waals surface area contributed by atoms with Crippen LogP contribution in [-0.4, -0.2) is 47.7 Å². The smallest absolute Gasteiger partial charge is 0.270 e. The molecule has 1 aromatic carbocycles. The molecule has 1 aromatic rings. The number of nitro groups is 1. The van der Waals surface area contributed by atoms with Crippen molar-refractivity contribution in [3.63, 3.8) is 0 Å². The maximum Gasteiger partial charge on any atom is 0.270 e. The lowest BCUT2D eigenvalue weighted by atomic mass is 9.86. The highest BCUT2D eigenvalue weighted by Gasteiger charge is 2.38. The van der Waals surface area contributed by atoms with Gasteiger partial charge in [-0.2, -0.15) is 0 Å². The normalized spacial score (nSPS) is 18.6. The van der Waals surface area contributed by atoms with Crippen LogP contribution in [0.4, 0.5) is 5.69 Å².